The highest BCUT2D eigenvalue weighted by atomic mass is 16.3. The van der Waals surface area contributed by atoms with Crippen LogP contribution in [0.4, 0.5) is 0 Å². The van der Waals surface area contributed by atoms with Crippen molar-refractivity contribution in [3.8, 4) is 0 Å². The van der Waals surface area contributed by atoms with Crippen molar-refractivity contribution in [2.45, 2.75) is 20.3 Å². The monoisotopic (exact) mass is 99.1 g/mol. The molecule has 0 bridgehead atoms. The zero-order valence-corrected chi connectivity index (χ0v) is 4.64. The van der Waals surface area contributed by atoms with Crippen LogP contribution < -0.4 is 0 Å². The molecule has 0 rings (SSSR count). The van der Waals surface area contributed by atoms with Gasteiger partial charge in [0.15, 0.2) is 0 Å². The standard InChI is InChI=1S/C5H9NO/c1-3-5(4-2)6-7/h3H,4H2,1-2H3/b5-3+. The zero-order valence-electron chi connectivity index (χ0n) is 4.64. The summed E-state index contributed by atoms with van der Waals surface area (Å²) in [5.74, 6) is 0. The molecule has 0 heterocycles. The first kappa shape index (κ1) is 6.34. The van der Waals surface area contributed by atoms with Crippen molar-refractivity contribution < 1.29 is 0 Å². The summed E-state index contributed by atoms with van der Waals surface area (Å²) in [6.45, 7) is 3.71. The molecule has 2 nitrogen and oxygen atoms in total. The second kappa shape index (κ2) is 3.53. The van der Waals surface area contributed by atoms with Crippen molar-refractivity contribution in [3.63, 3.8) is 0 Å². The SMILES string of the molecule is C/C=C(\CC)N=O. The Hall–Kier alpha value is -0.660. The van der Waals surface area contributed by atoms with Crippen molar-refractivity contribution in [2.24, 2.45) is 5.18 Å². The lowest BCUT2D eigenvalue weighted by atomic mass is 10.3. The van der Waals surface area contributed by atoms with Gasteiger partial charge in [0.2, 0.25) is 0 Å². The first-order valence-corrected chi connectivity index (χ1v) is 2.33. The minimum Gasteiger partial charge on any atom is -0.145 e. The van der Waals surface area contributed by atoms with Crippen LogP contribution in [0.3, 0.4) is 0 Å². The first-order chi connectivity index (χ1) is 3.35. The maximum Gasteiger partial charge on any atom is 0.0803 e. The van der Waals surface area contributed by atoms with Gasteiger partial charge in [-0.3, -0.25) is 0 Å². The van der Waals surface area contributed by atoms with Crippen LogP contribution in [0.15, 0.2) is 16.9 Å². The van der Waals surface area contributed by atoms with E-state index in [1.807, 2.05) is 6.92 Å². The van der Waals surface area contributed by atoms with Crippen LogP contribution in [-0.2, 0) is 0 Å². The molecule has 2 heteroatoms. The van der Waals surface area contributed by atoms with Crippen molar-refractivity contribution in [3.05, 3.63) is 16.7 Å². The van der Waals surface area contributed by atoms with Crippen molar-refractivity contribution in [1.82, 2.24) is 0 Å². The molecule has 0 unspecified atom stereocenters. The van der Waals surface area contributed by atoms with E-state index in [9.17, 15) is 4.91 Å². The van der Waals surface area contributed by atoms with E-state index in [0.717, 1.165) is 6.42 Å². The normalized spacial score (nSPS) is 11.4. The van der Waals surface area contributed by atoms with Gasteiger partial charge in [-0.1, -0.05) is 13.0 Å². The third kappa shape index (κ3) is 2.09. The van der Waals surface area contributed by atoms with Gasteiger partial charge in [0.25, 0.3) is 0 Å². The van der Waals surface area contributed by atoms with Gasteiger partial charge in [-0.2, -0.15) is 0 Å². The van der Waals surface area contributed by atoms with Gasteiger partial charge in [0.05, 0.1) is 5.70 Å². The third-order valence-corrected chi connectivity index (χ3v) is 0.813. The van der Waals surface area contributed by atoms with Crippen LogP contribution in [0.25, 0.3) is 0 Å². The van der Waals surface area contributed by atoms with E-state index in [0.29, 0.717) is 5.70 Å². The Bertz CT molecular complexity index is 86.1. The summed E-state index contributed by atoms with van der Waals surface area (Å²) in [7, 11) is 0. The van der Waals surface area contributed by atoms with E-state index >= 15 is 0 Å². The number of rotatable bonds is 2. The fraction of sp³-hybridized carbons (Fsp3) is 0.600. The Morgan fingerprint density at radius 2 is 2.43 bits per heavy atom. The molecule has 40 valence electrons. The predicted molar refractivity (Wildman–Crippen MR) is 29.8 cm³/mol. The summed E-state index contributed by atoms with van der Waals surface area (Å²) >= 11 is 0. The average Bonchev–Trinajstić information content (AvgIpc) is 1.72. The van der Waals surface area contributed by atoms with Crippen LogP contribution >= 0.6 is 0 Å². The second-order valence-corrected chi connectivity index (χ2v) is 1.22. The van der Waals surface area contributed by atoms with E-state index in [1.54, 1.807) is 13.0 Å². The zero-order chi connectivity index (χ0) is 5.70. The summed E-state index contributed by atoms with van der Waals surface area (Å²) in [5.41, 5.74) is 0.625. The molecule has 0 atom stereocenters. The van der Waals surface area contributed by atoms with Gasteiger partial charge in [-0.25, -0.2) is 0 Å². The summed E-state index contributed by atoms with van der Waals surface area (Å²) in [6, 6.07) is 0. The summed E-state index contributed by atoms with van der Waals surface area (Å²) in [6.07, 6.45) is 2.45. The maximum absolute atomic E-state index is 9.65. The highest BCUT2D eigenvalue weighted by molar-refractivity contribution is 4.95. The van der Waals surface area contributed by atoms with Gasteiger partial charge in [-0.15, -0.1) is 4.91 Å². The molecule has 0 fully saturated rings. The van der Waals surface area contributed by atoms with Gasteiger partial charge < -0.3 is 0 Å². The quantitative estimate of drug-likeness (QED) is 0.487. The summed E-state index contributed by atoms with van der Waals surface area (Å²) < 4.78 is 0. The van der Waals surface area contributed by atoms with Gasteiger partial charge in [-0.05, 0) is 18.5 Å². The Morgan fingerprint density at radius 1 is 1.86 bits per heavy atom. The Balaban J connectivity index is 3.60. The molecule has 0 aromatic carbocycles. The van der Waals surface area contributed by atoms with E-state index in [4.69, 9.17) is 0 Å². The topological polar surface area (TPSA) is 29.4 Å². The molecule has 0 radical (unpaired) electrons. The maximum atomic E-state index is 9.65. The molecular formula is C5H9NO. The molecule has 0 spiro atoms. The molecule has 0 aliphatic heterocycles. The van der Waals surface area contributed by atoms with E-state index < -0.39 is 0 Å². The van der Waals surface area contributed by atoms with Crippen LogP contribution in [0.5, 0.6) is 0 Å². The molecule has 0 amide bonds. The fourth-order valence-electron chi connectivity index (χ4n) is 0.321. The van der Waals surface area contributed by atoms with Crippen molar-refractivity contribution in [2.75, 3.05) is 0 Å². The molecule has 0 aliphatic rings. The van der Waals surface area contributed by atoms with Crippen LogP contribution in [-0.4, -0.2) is 0 Å². The Kier molecular flexibility index (Phi) is 3.19. The minimum atomic E-state index is 0.625. The highest BCUT2D eigenvalue weighted by Gasteiger charge is 1.83. The van der Waals surface area contributed by atoms with E-state index in [-0.39, 0.29) is 0 Å². The lowest BCUT2D eigenvalue weighted by Crippen LogP contribution is -1.67. The van der Waals surface area contributed by atoms with Crippen molar-refractivity contribution in [1.29, 1.82) is 0 Å². The van der Waals surface area contributed by atoms with E-state index in [2.05, 4.69) is 5.18 Å². The van der Waals surface area contributed by atoms with E-state index in [1.165, 1.54) is 0 Å². The molecule has 0 N–H and O–H groups in total. The van der Waals surface area contributed by atoms with Gasteiger partial charge in [0.1, 0.15) is 0 Å². The molecular weight excluding hydrogens is 90.1 g/mol. The third-order valence-electron chi connectivity index (χ3n) is 0.813. The van der Waals surface area contributed by atoms with Crippen LogP contribution in [0.1, 0.15) is 20.3 Å². The average molecular weight is 99.1 g/mol. The first-order valence-electron chi connectivity index (χ1n) is 2.33. The summed E-state index contributed by atoms with van der Waals surface area (Å²) in [5, 5.41) is 2.74. The lowest BCUT2D eigenvalue weighted by molar-refractivity contribution is 1.05. The fourth-order valence-corrected chi connectivity index (χ4v) is 0.321. The predicted octanol–water partition coefficient (Wildman–Crippen LogP) is 2.07. The molecule has 0 aliphatic carbocycles. The number of allylic oxidation sites excluding steroid dienone is 2. The van der Waals surface area contributed by atoms with Crippen LogP contribution in [0, 0.1) is 4.91 Å². The van der Waals surface area contributed by atoms with Gasteiger partial charge >= 0.3 is 0 Å². The number of hydrogen-bond acceptors (Lipinski definition) is 2. The Morgan fingerprint density at radius 3 is 2.43 bits per heavy atom. The molecule has 0 aromatic heterocycles. The van der Waals surface area contributed by atoms with Crippen LogP contribution in [0.2, 0.25) is 0 Å². The minimum absolute atomic E-state index is 0.625. The largest absolute Gasteiger partial charge is 0.145 e. The lowest BCUT2D eigenvalue weighted by Gasteiger charge is -1.82. The summed E-state index contributed by atoms with van der Waals surface area (Å²) in [4.78, 5) is 9.65. The smallest absolute Gasteiger partial charge is 0.0803 e. The molecule has 7 heavy (non-hydrogen) atoms. The molecule has 0 aromatic rings. The van der Waals surface area contributed by atoms with Gasteiger partial charge in [0, 0.05) is 0 Å². The second-order valence-electron chi connectivity index (χ2n) is 1.22. The Labute approximate surface area is 43.2 Å². The number of nitrogens with zero attached hydrogens (tertiary/aromatic N) is 1. The molecule has 0 saturated heterocycles. The number of hydrogen-bond donors (Lipinski definition) is 0. The number of nitroso groups, excluding NO2 is 1. The van der Waals surface area contributed by atoms with Crippen molar-refractivity contribution >= 4 is 0 Å². The highest BCUT2D eigenvalue weighted by Crippen LogP contribution is 1.98. The molecule has 0 saturated carbocycles.